The molecule has 0 aliphatic heterocycles. The van der Waals surface area contributed by atoms with Crippen LogP contribution in [0, 0.1) is 11.3 Å². The second kappa shape index (κ2) is 5.41. The van der Waals surface area contributed by atoms with Gasteiger partial charge in [0.25, 0.3) is 0 Å². The lowest BCUT2D eigenvalue weighted by atomic mass is 9.80. The normalized spacial score (nSPS) is 21.9. The zero-order valence-corrected chi connectivity index (χ0v) is 12.1. The Labute approximate surface area is 106 Å². The Bertz CT molecular complexity index is 257. The predicted molar refractivity (Wildman–Crippen MR) is 70.8 cm³/mol. The van der Waals surface area contributed by atoms with Crippen LogP contribution in [0.4, 0.5) is 0 Å². The largest absolute Gasteiger partial charge is 0.459 e. The van der Waals surface area contributed by atoms with Crippen LogP contribution in [0.5, 0.6) is 0 Å². The number of hydrogen-bond acceptors (Lipinski definition) is 2. The summed E-state index contributed by atoms with van der Waals surface area (Å²) in [7, 11) is 0. The molecule has 0 bridgehead atoms. The van der Waals surface area contributed by atoms with Crippen LogP contribution in [0.1, 0.15) is 73.1 Å². The number of ether oxygens (including phenoxy) is 1. The molecule has 1 fully saturated rings. The molecule has 0 radical (unpaired) electrons. The number of rotatable bonds is 3. The van der Waals surface area contributed by atoms with Crippen molar-refractivity contribution in [2.24, 2.45) is 11.3 Å². The second-order valence-electron chi connectivity index (χ2n) is 6.61. The molecule has 0 aromatic rings. The van der Waals surface area contributed by atoms with Gasteiger partial charge in [0.1, 0.15) is 5.60 Å². The predicted octanol–water partition coefficient (Wildman–Crippen LogP) is 4.32. The summed E-state index contributed by atoms with van der Waals surface area (Å²) < 4.78 is 5.88. The molecule has 1 rings (SSSR count). The van der Waals surface area contributed by atoms with E-state index in [1.165, 1.54) is 19.3 Å². The lowest BCUT2D eigenvalue weighted by Gasteiger charge is -2.38. The molecule has 1 unspecified atom stereocenters. The second-order valence-corrected chi connectivity index (χ2v) is 6.61. The molecule has 0 N–H and O–H groups in total. The van der Waals surface area contributed by atoms with Crippen molar-refractivity contribution in [1.29, 1.82) is 0 Å². The van der Waals surface area contributed by atoms with Gasteiger partial charge in [-0.2, -0.15) is 0 Å². The Hall–Kier alpha value is -0.530. The molecule has 17 heavy (non-hydrogen) atoms. The summed E-state index contributed by atoms with van der Waals surface area (Å²) in [5.74, 6) is -0.0471. The third kappa shape index (κ3) is 3.72. The highest BCUT2D eigenvalue weighted by atomic mass is 16.6. The minimum absolute atomic E-state index is 0.0127. The third-order valence-electron chi connectivity index (χ3n) is 4.38. The molecule has 1 atom stereocenters. The fourth-order valence-corrected chi connectivity index (χ4v) is 2.38. The smallest absolute Gasteiger partial charge is 0.309 e. The molecule has 100 valence electrons. The molecule has 2 heteroatoms. The summed E-state index contributed by atoms with van der Waals surface area (Å²) in [4.78, 5) is 12.2. The van der Waals surface area contributed by atoms with E-state index in [0.29, 0.717) is 0 Å². The van der Waals surface area contributed by atoms with Gasteiger partial charge in [0.2, 0.25) is 0 Å². The first-order valence-electron chi connectivity index (χ1n) is 7.03. The highest BCUT2D eigenvalue weighted by molar-refractivity contribution is 5.73. The molecule has 0 spiro atoms. The first-order valence-corrected chi connectivity index (χ1v) is 7.03. The van der Waals surface area contributed by atoms with Gasteiger partial charge in [0.15, 0.2) is 0 Å². The zero-order valence-electron chi connectivity index (χ0n) is 12.1. The quantitative estimate of drug-likeness (QED) is 0.686. The van der Waals surface area contributed by atoms with E-state index in [2.05, 4.69) is 27.7 Å². The SMILES string of the molecule is CCC1(OC(=O)C(C)C(C)(C)C)CCCCC1. The van der Waals surface area contributed by atoms with Crippen molar-refractivity contribution in [3.05, 3.63) is 0 Å². The van der Waals surface area contributed by atoms with Crippen LogP contribution in [0.25, 0.3) is 0 Å². The van der Waals surface area contributed by atoms with Gasteiger partial charge in [-0.1, -0.05) is 41.0 Å². The molecular formula is C15H28O2. The third-order valence-corrected chi connectivity index (χ3v) is 4.38. The van der Waals surface area contributed by atoms with Gasteiger partial charge in [0, 0.05) is 0 Å². The fourth-order valence-electron chi connectivity index (χ4n) is 2.38. The summed E-state index contributed by atoms with van der Waals surface area (Å²) in [5, 5.41) is 0. The minimum atomic E-state index is -0.158. The van der Waals surface area contributed by atoms with Crippen LogP contribution in [-0.2, 0) is 9.53 Å². The van der Waals surface area contributed by atoms with E-state index in [1.54, 1.807) is 0 Å². The fraction of sp³-hybridized carbons (Fsp3) is 0.933. The van der Waals surface area contributed by atoms with E-state index in [1.807, 2.05) is 6.92 Å². The standard InChI is InChI=1S/C15H28O2/c1-6-15(10-8-7-9-11-15)17-13(16)12(2)14(3,4)5/h12H,6-11H2,1-5H3. The van der Waals surface area contributed by atoms with Gasteiger partial charge in [-0.05, 0) is 37.5 Å². The summed E-state index contributed by atoms with van der Waals surface area (Å²) in [6, 6.07) is 0. The van der Waals surface area contributed by atoms with E-state index < -0.39 is 0 Å². The number of esters is 1. The molecule has 0 heterocycles. The Morgan fingerprint density at radius 2 is 1.76 bits per heavy atom. The first kappa shape index (κ1) is 14.5. The van der Waals surface area contributed by atoms with Crippen LogP contribution in [0.2, 0.25) is 0 Å². The van der Waals surface area contributed by atoms with E-state index in [0.717, 1.165) is 19.3 Å². The van der Waals surface area contributed by atoms with Crippen molar-refractivity contribution in [2.45, 2.75) is 78.7 Å². The van der Waals surface area contributed by atoms with E-state index in [9.17, 15) is 4.79 Å². The molecule has 0 saturated heterocycles. The Kier molecular flexibility index (Phi) is 4.62. The number of hydrogen-bond donors (Lipinski definition) is 0. The van der Waals surface area contributed by atoms with Crippen LogP contribution >= 0.6 is 0 Å². The molecule has 1 saturated carbocycles. The van der Waals surface area contributed by atoms with Crippen molar-refractivity contribution in [3.8, 4) is 0 Å². The van der Waals surface area contributed by atoms with E-state index in [4.69, 9.17) is 4.74 Å². The lowest BCUT2D eigenvalue weighted by molar-refractivity contribution is -0.172. The van der Waals surface area contributed by atoms with Gasteiger partial charge >= 0.3 is 5.97 Å². The minimum Gasteiger partial charge on any atom is -0.459 e. The van der Waals surface area contributed by atoms with Crippen LogP contribution < -0.4 is 0 Å². The van der Waals surface area contributed by atoms with Crippen molar-refractivity contribution in [2.75, 3.05) is 0 Å². The molecule has 1 aliphatic carbocycles. The van der Waals surface area contributed by atoms with Crippen molar-refractivity contribution < 1.29 is 9.53 Å². The summed E-state index contributed by atoms with van der Waals surface area (Å²) in [5.41, 5.74) is -0.171. The average molecular weight is 240 g/mol. The Morgan fingerprint density at radius 1 is 1.24 bits per heavy atom. The Balaban J connectivity index is 2.65. The van der Waals surface area contributed by atoms with Gasteiger partial charge in [0.05, 0.1) is 5.92 Å². The summed E-state index contributed by atoms with van der Waals surface area (Å²) in [6.07, 6.45) is 6.73. The maximum Gasteiger partial charge on any atom is 0.309 e. The molecule has 1 aliphatic rings. The maximum absolute atomic E-state index is 12.2. The number of carbonyl (C=O) groups is 1. The highest BCUT2D eigenvalue weighted by Gasteiger charge is 2.37. The van der Waals surface area contributed by atoms with Crippen LogP contribution in [-0.4, -0.2) is 11.6 Å². The van der Waals surface area contributed by atoms with E-state index in [-0.39, 0.29) is 22.9 Å². The van der Waals surface area contributed by atoms with Crippen molar-refractivity contribution in [3.63, 3.8) is 0 Å². The van der Waals surface area contributed by atoms with Gasteiger partial charge in [-0.25, -0.2) is 0 Å². The molecule has 0 aromatic carbocycles. The van der Waals surface area contributed by atoms with Gasteiger partial charge in [-0.3, -0.25) is 4.79 Å². The lowest BCUT2D eigenvalue weighted by Crippen LogP contribution is -2.40. The number of carbonyl (C=O) groups excluding carboxylic acids is 1. The van der Waals surface area contributed by atoms with E-state index >= 15 is 0 Å². The maximum atomic E-state index is 12.2. The monoisotopic (exact) mass is 240 g/mol. The molecule has 2 nitrogen and oxygen atoms in total. The topological polar surface area (TPSA) is 26.3 Å². The van der Waals surface area contributed by atoms with Gasteiger partial charge < -0.3 is 4.74 Å². The molecular weight excluding hydrogens is 212 g/mol. The first-order chi connectivity index (χ1) is 7.81. The van der Waals surface area contributed by atoms with Crippen LogP contribution in [0.3, 0.4) is 0 Å². The highest BCUT2D eigenvalue weighted by Crippen LogP contribution is 2.36. The van der Waals surface area contributed by atoms with Crippen molar-refractivity contribution >= 4 is 5.97 Å². The Morgan fingerprint density at radius 3 is 2.18 bits per heavy atom. The average Bonchev–Trinajstić information content (AvgIpc) is 2.28. The zero-order chi connectivity index (χ0) is 13.1. The van der Waals surface area contributed by atoms with Gasteiger partial charge in [-0.15, -0.1) is 0 Å². The summed E-state index contributed by atoms with van der Waals surface area (Å²) in [6.45, 7) is 10.4. The van der Waals surface area contributed by atoms with Crippen LogP contribution in [0.15, 0.2) is 0 Å². The molecule has 0 amide bonds. The summed E-state index contributed by atoms with van der Waals surface area (Å²) >= 11 is 0. The molecule has 0 aromatic heterocycles. The van der Waals surface area contributed by atoms with Crippen molar-refractivity contribution in [1.82, 2.24) is 0 Å².